The Balaban J connectivity index is 0.00000208. The first-order chi connectivity index (χ1) is 11.3. The van der Waals surface area contributed by atoms with Crippen LogP contribution in [0, 0.1) is 5.92 Å². The summed E-state index contributed by atoms with van der Waals surface area (Å²) in [6.07, 6.45) is 5.46. The van der Waals surface area contributed by atoms with Crippen molar-refractivity contribution >= 4 is 45.7 Å². The van der Waals surface area contributed by atoms with E-state index in [-0.39, 0.29) is 24.2 Å². The Bertz CT molecular complexity index is 665. The van der Waals surface area contributed by atoms with Crippen molar-refractivity contribution in [1.82, 2.24) is 15.3 Å². The van der Waals surface area contributed by atoms with Crippen LogP contribution in [0.25, 0.3) is 10.2 Å². The standard InChI is InChI=1S/C16H23N5OS.ClH/c17-6-1-2-7-18-15(22)12-4-3-8-21(10-12)14-13-5-9-23-16(13)20-11-19-14;/h5,9,11-12H,1-4,6-8,10,17H2,(H,18,22);1H. The number of halogens is 1. The molecular formula is C16H24ClN5OS. The summed E-state index contributed by atoms with van der Waals surface area (Å²) in [5.41, 5.74) is 5.48. The maximum atomic E-state index is 12.4. The molecule has 24 heavy (non-hydrogen) atoms. The monoisotopic (exact) mass is 369 g/mol. The molecule has 1 unspecified atom stereocenters. The lowest BCUT2D eigenvalue weighted by molar-refractivity contribution is -0.125. The molecule has 1 aliphatic heterocycles. The summed E-state index contributed by atoms with van der Waals surface area (Å²) in [4.78, 5) is 24.3. The minimum absolute atomic E-state index is 0. The summed E-state index contributed by atoms with van der Waals surface area (Å²) in [6.45, 7) is 3.07. The van der Waals surface area contributed by atoms with Gasteiger partial charge in [-0.25, -0.2) is 9.97 Å². The molecule has 3 heterocycles. The fourth-order valence-corrected chi connectivity index (χ4v) is 3.77. The van der Waals surface area contributed by atoms with E-state index in [0.29, 0.717) is 6.54 Å². The molecule has 1 amide bonds. The number of nitrogens with zero attached hydrogens (tertiary/aromatic N) is 3. The van der Waals surface area contributed by atoms with E-state index in [1.54, 1.807) is 17.7 Å². The van der Waals surface area contributed by atoms with Gasteiger partial charge in [0.05, 0.1) is 11.3 Å². The van der Waals surface area contributed by atoms with Crippen molar-refractivity contribution in [3.63, 3.8) is 0 Å². The largest absolute Gasteiger partial charge is 0.356 e. The SMILES string of the molecule is Cl.NCCCCNC(=O)C1CCCN(c2ncnc3sccc23)C1. The third kappa shape index (κ3) is 4.34. The molecule has 6 nitrogen and oxygen atoms in total. The molecular weight excluding hydrogens is 346 g/mol. The van der Waals surface area contributed by atoms with Crippen LogP contribution in [-0.4, -0.2) is 42.1 Å². The van der Waals surface area contributed by atoms with Crippen LogP contribution in [0.4, 0.5) is 5.82 Å². The molecule has 1 fully saturated rings. The molecule has 3 N–H and O–H groups in total. The predicted molar refractivity (Wildman–Crippen MR) is 101 cm³/mol. The Labute approximate surface area is 152 Å². The molecule has 2 aromatic heterocycles. The Hall–Kier alpha value is -1.44. The number of amides is 1. The van der Waals surface area contributed by atoms with Gasteiger partial charge in [-0.3, -0.25) is 4.79 Å². The first-order valence-electron chi connectivity index (χ1n) is 8.20. The van der Waals surface area contributed by atoms with Gasteiger partial charge in [0.15, 0.2) is 0 Å². The highest BCUT2D eigenvalue weighted by atomic mass is 35.5. The zero-order chi connectivity index (χ0) is 16.1. The van der Waals surface area contributed by atoms with Gasteiger partial charge in [-0.05, 0) is 43.7 Å². The second-order valence-corrected chi connectivity index (χ2v) is 6.80. The number of rotatable bonds is 6. The van der Waals surface area contributed by atoms with E-state index < -0.39 is 0 Å². The number of fused-ring (bicyclic) bond motifs is 1. The highest BCUT2D eigenvalue weighted by Gasteiger charge is 2.27. The van der Waals surface area contributed by atoms with Crippen molar-refractivity contribution in [3.05, 3.63) is 17.8 Å². The molecule has 0 radical (unpaired) electrons. The third-order valence-electron chi connectivity index (χ3n) is 4.26. The molecule has 1 saturated heterocycles. The van der Waals surface area contributed by atoms with Gasteiger partial charge in [0, 0.05) is 19.6 Å². The number of thiophene rings is 1. The van der Waals surface area contributed by atoms with Gasteiger partial charge < -0.3 is 16.0 Å². The van der Waals surface area contributed by atoms with Gasteiger partial charge in [-0.1, -0.05) is 0 Å². The van der Waals surface area contributed by atoms with E-state index >= 15 is 0 Å². The van der Waals surface area contributed by atoms with Crippen LogP contribution in [0.2, 0.25) is 0 Å². The van der Waals surface area contributed by atoms with Crippen LogP contribution in [0.15, 0.2) is 17.8 Å². The molecule has 3 rings (SSSR count). The summed E-state index contributed by atoms with van der Waals surface area (Å²) >= 11 is 1.62. The van der Waals surface area contributed by atoms with E-state index in [4.69, 9.17) is 5.73 Å². The molecule has 2 aromatic rings. The van der Waals surface area contributed by atoms with Crippen molar-refractivity contribution in [2.24, 2.45) is 11.7 Å². The van der Waals surface area contributed by atoms with Gasteiger partial charge in [-0.15, -0.1) is 23.7 Å². The smallest absolute Gasteiger partial charge is 0.224 e. The zero-order valence-corrected chi connectivity index (χ0v) is 15.2. The normalized spacial score (nSPS) is 17.5. The first kappa shape index (κ1) is 18.9. The molecule has 0 bridgehead atoms. The quantitative estimate of drug-likeness (QED) is 0.762. The summed E-state index contributed by atoms with van der Waals surface area (Å²) in [6, 6.07) is 2.06. The fraction of sp³-hybridized carbons (Fsp3) is 0.562. The predicted octanol–water partition coefficient (Wildman–Crippen LogP) is 2.18. The topological polar surface area (TPSA) is 84.1 Å². The second-order valence-electron chi connectivity index (χ2n) is 5.91. The number of carbonyl (C=O) groups excluding carboxylic acids is 1. The van der Waals surface area contributed by atoms with E-state index in [1.807, 2.05) is 5.38 Å². The summed E-state index contributed by atoms with van der Waals surface area (Å²) in [5.74, 6) is 1.14. The molecule has 0 aliphatic carbocycles. The minimum atomic E-state index is 0. The van der Waals surface area contributed by atoms with E-state index in [0.717, 1.165) is 61.4 Å². The van der Waals surface area contributed by atoms with Crippen molar-refractivity contribution in [1.29, 1.82) is 0 Å². The number of carbonyl (C=O) groups is 1. The van der Waals surface area contributed by atoms with Crippen molar-refractivity contribution in [2.45, 2.75) is 25.7 Å². The van der Waals surface area contributed by atoms with Crippen LogP contribution in [-0.2, 0) is 4.79 Å². The van der Waals surface area contributed by atoms with Crippen molar-refractivity contribution in [3.8, 4) is 0 Å². The highest BCUT2D eigenvalue weighted by Crippen LogP contribution is 2.29. The van der Waals surface area contributed by atoms with Gasteiger partial charge in [0.2, 0.25) is 5.91 Å². The number of aromatic nitrogens is 2. The van der Waals surface area contributed by atoms with E-state index in [9.17, 15) is 4.79 Å². The van der Waals surface area contributed by atoms with Crippen LogP contribution >= 0.6 is 23.7 Å². The molecule has 1 atom stereocenters. The van der Waals surface area contributed by atoms with Gasteiger partial charge in [0.25, 0.3) is 0 Å². The number of hydrogen-bond acceptors (Lipinski definition) is 6. The number of anilines is 1. The average molecular weight is 370 g/mol. The van der Waals surface area contributed by atoms with Gasteiger partial charge >= 0.3 is 0 Å². The molecule has 132 valence electrons. The lowest BCUT2D eigenvalue weighted by Gasteiger charge is -2.33. The lowest BCUT2D eigenvalue weighted by Crippen LogP contribution is -2.43. The van der Waals surface area contributed by atoms with Crippen LogP contribution in [0.1, 0.15) is 25.7 Å². The van der Waals surface area contributed by atoms with Gasteiger partial charge in [0.1, 0.15) is 17.0 Å². The first-order valence-corrected chi connectivity index (χ1v) is 9.08. The van der Waals surface area contributed by atoms with E-state index in [2.05, 4.69) is 26.3 Å². The number of piperidine rings is 1. The Morgan fingerprint density at radius 3 is 3.12 bits per heavy atom. The molecule has 0 spiro atoms. The second kappa shape index (κ2) is 9.15. The van der Waals surface area contributed by atoms with Crippen molar-refractivity contribution in [2.75, 3.05) is 31.1 Å². The van der Waals surface area contributed by atoms with Crippen molar-refractivity contribution < 1.29 is 4.79 Å². The summed E-state index contributed by atoms with van der Waals surface area (Å²) < 4.78 is 0. The highest BCUT2D eigenvalue weighted by molar-refractivity contribution is 7.16. The minimum Gasteiger partial charge on any atom is -0.356 e. The molecule has 0 saturated carbocycles. The maximum absolute atomic E-state index is 12.4. The van der Waals surface area contributed by atoms with Crippen LogP contribution < -0.4 is 16.0 Å². The number of hydrogen-bond donors (Lipinski definition) is 2. The molecule has 8 heteroatoms. The Morgan fingerprint density at radius 1 is 1.42 bits per heavy atom. The zero-order valence-electron chi connectivity index (χ0n) is 13.6. The summed E-state index contributed by atoms with van der Waals surface area (Å²) in [5, 5.41) is 6.16. The van der Waals surface area contributed by atoms with E-state index in [1.165, 1.54) is 0 Å². The molecule has 1 aliphatic rings. The number of nitrogens with two attached hydrogens (primary N) is 1. The Kier molecular flexibility index (Phi) is 7.20. The van der Waals surface area contributed by atoms with Crippen LogP contribution in [0.3, 0.4) is 0 Å². The third-order valence-corrected chi connectivity index (χ3v) is 5.08. The number of nitrogens with one attached hydrogen (secondary N) is 1. The fourth-order valence-electron chi connectivity index (χ4n) is 3.04. The lowest BCUT2D eigenvalue weighted by atomic mass is 9.97. The van der Waals surface area contributed by atoms with Gasteiger partial charge in [-0.2, -0.15) is 0 Å². The maximum Gasteiger partial charge on any atom is 0.224 e. The number of unbranched alkanes of at least 4 members (excludes halogenated alkanes) is 1. The summed E-state index contributed by atoms with van der Waals surface area (Å²) in [7, 11) is 0. The molecule has 0 aromatic carbocycles. The average Bonchev–Trinajstić information content (AvgIpc) is 3.07. The van der Waals surface area contributed by atoms with Crippen LogP contribution in [0.5, 0.6) is 0 Å². The Morgan fingerprint density at radius 2 is 2.29 bits per heavy atom.